The zero-order valence-electron chi connectivity index (χ0n) is 16.8. The predicted molar refractivity (Wildman–Crippen MR) is 114 cm³/mol. The van der Waals surface area contributed by atoms with Crippen molar-refractivity contribution in [3.63, 3.8) is 0 Å². The van der Waals surface area contributed by atoms with Gasteiger partial charge in [0.25, 0.3) is 5.91 Å². The highest BCUT2D eigenvalue weighted by Gasteiger charge is 2.23. The molecule has 1 amide bonds. The fourth-order valence-corrected chi connectivity index (χ4v) is 4.51. The van der Waals surface area contributed by atoms with Crippen LogP contribution in [0.4, 0.5) is 0 Å². The van der Waals surface area contributed by atoms with Crippen LogP contribution in [0.15, 0.2) is 54.9 Å². The molecule has 0 spiro atoms. The minimum Gasteiger partial charge on any atom is -0.339 e. The first-order chi connectivity index (χ1) is 13.7. The van der Waals surface area contributed by atoms with Gasteiger partial charge < -0.3 is 9.47 Å². The first-order valence-electron chi connectivity index (χ1n) is 10.5. The van der Waals surface area contributed by atoms with Crippen LogP contribution < -0.4 is 0 Å². The minimum atomic E-state index is 0.138. The molecule has 4 heteroatoms. The number of hydrogen-bond acceptors (Lipinski definition) is 2. The highest BCUT2D eigenvalue weighted by Crippen LogP contribution is 2.27. The predicted octanol–water partition coefficient (Wildman–Crippen LogP) is 5.44. The minimum absolute atomic E-state index is 0.138. The molecule has 1 aliphatic carbocycles. The Kier molecular flexibility index (Phi) is 5.47. The molecule has 2 aromatic carbocycles. The molecule has 4 rings (SSSR count). The van der Waals surface area contributed by atoms with Gasteiger partial charge in [-0.2, -0.15) is 0 Å². The average Bonchev–Trinajstić information content (AvgIpc) is 3.18. The van der Waals surface area contributed by atoms with Crippen molar-refractivity contribution in [1.29, 1.82) is 0 Å². The number of hydrogen-bond donors (Lipinski definition) is 0. The molecular weight excluding hydrogens is 346 g/mol. The Morgan fingerprint density at radius 2 is 1.82 bits per heavy atom. The molecule has 1 aliphatic rings. The lowest BCUT2D eigenvalue weighted by atomic mass is 9.94. The summed E-state index contributed by atoms with van der Waals surface area (Å²) in [5.74, 6) is 0.138. The van der Waals surface area contributed by atoms with Crippen molar-refractivity contribution in [2.45, 2.75) is 57.5 Å². The fourth-order valence-electron chi connectivity index (χ4n) is 4.51. The van der Waals surface area contributed by atoms with Crippen LogP contribution in [0.5, 0.6) is 0 Å². The summed E-state index contributed by atoms with van der Waals surface area (Å²) in [5.41, 5.74) is 4.15. The van der Waals surface area contributed by atoms with Gasteiger partial charge in [-0.3, -0.25) is 4.79 Å². The molecule has 1 fully saturated rings. The van der Waals surface area contributed by atoms with E-state index in [4.69, 9.17) is 0 Å². The molecule has 0 bridgehead atoms. The Labute approximate surface area is 167 Å². The highest BCUT2D eigenvalue weighted by atomic mass is 16.2. The molecule has 0 N–H and O–H groups in total. The number of amides is 1. The van der Waals surface area contributed by atoms with Gasteiger partial charge in [0.1, 0.15) is 0 Å². The van der Waals surface area contributed by atoms with Gasteiger partial charge >= 0.3 is 0 Å². The van der Waals surface area contributed by atoms with E-state index in [9.17, 15) is 4.79 Å². The number of aromatic nitrogens is 2. The van der Waals surface area contributed by atoms with Gasteiger partial charge in [-0.25, -0.2) is 4.98 Å². The third kappa shape index (κ3) is 3.56. The van der Waals surface area contributed by atoms with Crippen molar-refractivity contribution in [1.82, 2.24) is 14.5 Å². The second-order valence-electron chi connectivity index (χ2n) is 7.89. The van der Waals surface area contributed by atoms with Crippen LogP contribution in [0.25, 0.3) is 11.0 Å². The Hall–Kier alpha value is -2.62. The first-order valence-corrected chi connectivity index (χ1v) is 10.5. The number of rotatable bonds is 5. The van der Waals surface area contributed by atoms with Crippen LogP contribution in [0.2, 0.25) is 0 Å². The van der Waals surface area contributed by atoms with Crippen LogP contribution in [0.1, 0.15) is 67.4 Å². The first kappa shape index (κ1) is 18.7. The van der Waals surface area contributed by atoms with Crippen LogP contribution in [-0.4, -0.2) is 33.4 Å². The summed E-state index contributed by atoms with van der Waals surface area (Å²) in [5, 5.41) is 0. The van der Waals surface area contributed by atoms with Crippen molar-refractivity contribution in [2.75, 3.05) is 7.05 Å². The number of fused-ring (bicyclic) bond motifs is 1. The number of nitrogens with zero attached hydrogens (tertiary/aromatic N) is 3. The molecule has 1 saturated carbocycles. The van der Waals surface area contributed by atoms with Crippen molar-refractivity contribution in [3.05, 3.63) is 66.0 Å². The van der Waals surface area contributed by atoms with Gasteiger partial charge in [0.2, 0.25) is 0 Å². The summed E-state index contributed by atoms with van der Waals surface area (Å²) in [4.78, 5) is 19.4. The molecule has 0 aliphatic heterocycles. The molecule has 1 heterocycles. The molecule has 1 atom stereocenters. The van der Waals surface area contributed by atoms with Gasteiger partial charge in [0.15, 0.2) is 0 Å². The second-order valence-corrected chi connectivity index (χ2v) is 7.89. The molecule has 0 saturated heterocycles. The maximum atomic E-state index is 12.9. The molecule has 4 nitrogen and oxygen atoms in total. The smallest absolute Gasteiger partial charge is 0.253 e. The Morgan fingerprint density at radius 1 is 1.11 bits per heavy atom. The Morgan fingerprint density at radius 3 is 2.54 bits per heavy atom. The Balaban J connectivity index is 1.55. The Bertz CT molecular complexity index is 938. The number of carbonyl (C=O) groups excluding carboxylic acids is 1. The highest BCUT2D eigenvalue weighted by molar-refractivity contribution is 5.94. The van der Waals surface area contributed by atoms with Gasteiger partial charge in [-0.1, -0.05) is 50.5 Å². The van der Waals surface area contributed by atoms with E-state index < -0.39 is 0 Å². The van der Waals surface area contributed by atoms with Crippen molar-refractivity contribution < 1.29 is 4.79 Å². The second kappa shape index (κ2) is 8.17. The normalized spacial score (nSPS) is 16.2. The van der Waals surface area contributed by atoms with Gasteiger partial charge in [0, 0.05) is 18.7 Å². The van der Waals surface area contributed by atoms with Gasteiger partial charge in [-0.15, -0.1) is 0 Å². The van der Waals surface area contributed by atoms with E-state index >= 15 is 0 Å². The van der Waals surface area contributed by atoms with Crippen molar-refractivity contribution in [3.8, 4) is 0 Å². The maximum Gasteiger partial charge on any atom is 0.253 e. The van der Waals surface area contributed by atoms with E-state index in [1.54, 1.807) is 0 Å². The summed E-state index contributed by atoms with van der Waals surface area (Å²) >= 11 is 0. The number of imidazole rings is 1. The lowest BCUT2D eigenvalue weighted by molar-refractivity contribution is 0.0696. The van der Waals surface area contributed by atoms with E-state index in [0.717, 1.165) is 35.9 Å². The third-order valence-corrected chi connectivity index (χ3v) is 6.19. The van der Waals surface area contributed by atoms with E-state index in [1.807, 2.05) is 42.5 Å². The SMILES string of the molecule is CCC(c1ccc(C(=O)N(C)C2CCCCC2)cc1)n1cnc2ccccc21. The summed E-state index contributed by atoms with van der Waals surface area (Å²) in [6.45, 7) is 2.19. The molecule has 1 unspecified atom stereocenters. The van der Waals surface area contributed by atoms with E-state index in [1.165, 1.54) is 24.8 Å². The topological polar surface area (TPSA) is 38.1 Å². The van der Waals surface area contributed by atoms with Crippen molar-refractivity contribution >= 4 is 16.9 Å². The van der Waals surface area contributed by atoms with Gasteiger partial charge in [0.05, 0.1) is 23.4 Å². The number of benzene rings is 2. The van der Waals surface area contributed by atoms with E-state index in [0.29, 0.717) is 6.04 Å². The van der Waals surface area contributed by atoms with E-state index in [2.05, 4.69) is 40.7 Å². The molecule has 28 heavy (non-hydrogen) atoms. The zero-order valence-corrected chi connectivity index (χ0v) is 16.8. The number of para-hydroxylation sites is 2. The molecule has 3 aromatic rings. The van der Waals surface area contributed by atoms with Crippen LogP contribution in [0, 0.1) is 0 Å². The quantitative estimate of drug-likeness (QED) is 0.595. The monoisotopic (exact) mass is 375 g/mol. The van der Waals surface area contributed by atoms with Crippen LogP contribution in [-0.2, 0) is 0 Å². The third-order valence-electron chi connectivity index (χ3n) is 6.19. The maximum absolute atomic E-state index is 12.9. The van der Waals surface area contributed by atoms with Crippen molar-refractivity contribution in [2.24, 2.45) is 0 Å². The average molecular weight is 376 g/mol. The lowest BCUT2D eigenvalue weighted by Crippen LogP contribution is -2.38. The van der Waals surface area contributed by atoms with Crippen LogP contribution in [0.3, 0.4) is 0 Å². The molecular formula is C24H29N3O. The summed E-state index contributed by atoms with van der Waals surface area (Å²) < 4.78 is 2.24. The standard InChI is InChI=1S/C24H29N3O/c1-3-22(27-17-25-21-11-7-8-12-23(21)27)18-13-15-19(16-14-18)24(28)26(2)20-9-5-4-6-10-20/h7-8,11-17,20,22H,3-6,9-10H2,1-2H3. The van der Waals surface area contributed by atoms with E-state index in [-0.39, 0.29) is 11.9 Å². The summed E-state index contributed by atoms with van der Waals surface area (Å²) in [6.07, 6.45) is 8.92. The lowest BCUT2D eigenvalue weighted by Gasteiger charge is -2.31. The molecule has 1 aromatic heterocycles. The fraction of sp³-hybridized carbons (Fsp3) is 0.417. The largest absolute Gasteiger partial charge is 0.339 e. The zero-order chi connectivity index (χ0) is 19.5. The number of carbonyl (C=O) groups is 1. The van der Waals surface area contributed by atoms with Crippen LogP contribution >= 0.6 is 0 Å². The van der Waals surface area contributed by atoms with Gasteiger partial charge in [-0.05, 0) is 49.1 Å². The molecule has 0 radical (unpaired) electrons. The summed E-state index contributed by atoms with van der Waals surface area (Å²) in [7, 11) is 1.96. The molecule has 146 valence electrons. The summed E-state index contributed by atoms with van der Waals surface area (Å²) in [6, 6.07) is 17.0.